The molecule has 0 unspecified atom stereocenters. The number of benzene rings is 1. The number of amides is 1. The lowest BCUT2D eigenvalue weighted by molar-refractivity contribution is 0.102. The molecule has 1 amide bonds. The summed E-state index contributed by atoms with van der Waals surface area (Å²) in [6, 6.07) is 8.37. The number of hydrogen-bond acceptors (Lipinski definition) is 5. The molecule has 2 heterocycles. The fourth-order valence-corrected chi connectivity index (χ4v) is 2.45. The summed E-state index contributed by atoms with van der Waals surface area (Å²) >= 11 is 12.0. The van der Waals surface area contributed by atoms with Crippen LogP contribution in [0, 0.1) is 6.92 Å². The molecule has 0 aliphatic carbocycles. The van der Waals surface area contributed by atoms with Crippen molar-refractivity contribution in [1.29, 1.82) is 0 Å². The lowest BCUT2D eigenvalue weighted by Gasteiger charge is -2.09. The zero-order valence-corrected chi connectivity index (χ0v) is 14.0. The quantitative estimate of drug-likeness (QED) is 0.704. The first kappa shape index (κ1) is 16.3. The van der Waals surface area contributed by atoms with Crippen molar-refractivity contribution in [2.45, 2.75) is 6.92 Å². The van der Waals surface area contributed by atoms with Crippen molar-refractivity contribution in [2.24, 2.45) is 0 Å². The van der Waals surface area contributed by atoms with Crippen LogP contribution in [0.2, 0.25) is 10.0 Å². The summed E-state index contributed by atoms with van der Waals surface area (Å²) in [5.41, 5.74) is 1.64. The molecule has 122 valence electrons. The highest BCUT2D eigenvalue weighted by Gasteiger charge is 2.11. The Morgan fingerprint density at radius 2 is 2.00 bits per heavy atom. The van der Waals surface area contributed by atoms with Crippen LogP contribution >= 0.6 is 23.2 Å². The number of aromatic nitrogens is 2. The normalized spacial score (nSPS) is 10.5. The second-order valence-electron chi connectivity index (χ2n) is 4.99. The van der Waals surface area contributed by atoms with E-state index in [1.54, 1.807) is 43.5 Å². The van der Waals surface area contributed by atoms with Crippen molar-refractivity contribution in [3.8, 4) is 0 Å². The van der Waals surface area contributed by atoms with Gasteiger partial charge in [-0.25, -0.2) is 0 Å². The van der Waals surface area contributed by atoms with Gasteiger partial charge in [0.05, 0.1) is 28.2 Å². The molecule has 2 aromatic heterocycles. The Kier molecular flexibility index (Phi) is 4.69. The van der Waals surface area contributed by atoms with Crippen LogP contribution in [0.4, 0.5) is 17.2 Å². The molecule has 0 bridgehead atoms. The van der Waals surface area contributed by atoms with Gasteiger partial charge in [0.1, 0.15) is 5.76 Å². The molecular formula is C16H12Cl2N4O2. The third-order valence-electron chi connectivity index (χ3n) is 3.08. The van der Waals surface area contributed by atoms with E-state index in [4.69, 9.17) is 27.7 Å². The summed E-state index contributed by atoms with van der Waals surface area (Å²) in [6.45, 7) is 1.74. The highest BCUT2D eigenvalue weighted by atomic mass is 35.5. The van der Waals surface area contributed by atoms with E-state index in [0.717, 1.165) is 0 Å². The number of aryl methyl sites for hydroxylation is 1. The molecule has 0 aliphatic rings. The zero-order valence-electron chi connectivity index (χ0n) is 12.5. The Bertz CT molecular complexity index is 895. The van der Waals surface area contributed by atoms with Crippen LogP contribution in [-0.2, 0) is 0 Å². The van der Waals surface area contributed by atoms with Gasteiger partial charge in [-0.3, -0.25) is 9.78 Å². The van der Waals surface area contributed by atoms with Gasteiger partial charge < -0.3 is 15.2 Å². The summed E-state index contributed by atoms with van der Waals surface area (Å²) in [6.07, 6.45) is 3.04. The molecule has 0 aliphatic heterocycles. The molecule has 0 spiro atoms. The predicted octanol–water partition coefficient (Wildman–Crippen LogP) is 4.68. The number of pyridine rings is 1. The van der Waals surface area contributed by atoms with Crippen molar-refractivity contribution < 1.29 is 9.32 Å². The van der Waals surface area contributed by atoms with E-state index in [1.165, 1.54) is 6.20 Å². The Morgan fingerprint density at radius 1 is 1.17 bits per heavy atom. The van der Waals surface area contributed by atoms with Crippen LogP contribution in [0.25, 0.3) is 0 Å². The average molecular weight is 363 g/mol. The second kappa shape index (κ2) is 6.90. The lowest BCUT2D eigenvalue weighted by atomic mass is 10.2. The Labute approximate surface area is 147 Å². The summed E-state index contributed by atoms with van der Waals surface area (Å²) in [7, 11) is 0. The van der Waals surface area contributed by atoms with Gasteiger partial charge in [-0.05, 0) is 31.2 Å². The third kappa shape index (κ3) is 3.84. The van der Waals surface area contributed by atoms with Crippen molar-refractivity contribution in [1.82, 2.24) is 10.1 Å². The van der Waals surface area contributed by atoms with Crippen LogP contribution in [0.1, 0.15) is 16.1 Å². The fourth-order valence-electron chi connectivity index (χ4n) is 1.99. The third-order valence-corrected chi connectivity index (χ3v) is 3.63. The largest absolute Gasteiger partial charge is 0.360 e. The van der Waals surface area contributed by atoms with Gasteiger partial charge in [-0.1, -0.05) is 28.4 Å². The molecule has 2 N–H and O–H groups in total. The molecule has 3 rings (SSSR count). The summed E-state index contributed by atoms with van der Waals surface area (Å²) in [4.78, 5) is 16.3. The van der Waals surface area contributed by atoms with Crippen LogP contribution in [0.5, 0.6) is 0 Å². The molecule has 0 saturated heterocycles. The highest BCUT2D eigenvalue weighted by molar-refractivity contribution is 6.36. The topological polar surface area (TPSA) is 80.0 Å². The van der Waals surface area contributed by atoms with Gasteiger partial charge in [-0.2, -0.15) is 0 Å². The summed E-state index contributed by atoms with van der Waals surface area (Å²) in [5, 5.41) is 10.5. The first-order chi connectivity index (χ1) is 11.5. The smallest absolute Gasteiger partial charge is 0.258 e. The first-order valence-electron chi connectivity index (χ1n) is 6.93. The molecule has 6 nitrogen and oxygen atoms in total. The summed E-state index contributed by atoms with van der Waals surface area (Å²) in [5.74, 6) is 0.606. The van der Waals surface area contributed by atoms with Gasteiger partial charge in [0.2, 0.25) is 0 Å². The molecule has 0 saturated carbocycles. The van der Waals surface area contributed by atoms with Gasteiger partial charge >= 0.3 is 0 Å². The minimum Gasteiger partial charge on any atom is -0.360 e. The number of nitrogens with one attached hydrogen (secondary N) is 2. The minimum atomic E-state index is -0.346. The van der Waals surface area contributed by atoms with Crippen LogP contribution in [0.15, 0.2) is 47.2 Å². The molecular weight excluding hydrogens is 351 g/mol. The monoisotopic (exact) mass is 362 g/mol. The van der Waals surface area contributed by atoms with E-state index in [0.29, 0.717) is 38.6 Å². The Balaban J connectivity index is 1.77. The lowest BCUT2D eigenvalue weighted by Crippen LogP contribution is -2.12. The Morgan fingerprint density at radius 3 is 2.71 bits per heavy atom. The molecule has 8 heteroatoms. The maximum Gasteiger partial charge on any atom is 0.258 e. The number of carbonyl (C=O) groups excluding carboxylic acids is 1. The van der Waals surface area contributed by atoms with Crippen molar-refractivity contribution >= 4 is 46.3 Å². The van der Waals surface area contributed by atoms with Gasteiger partial charge in [-0.15, -0.1) is 0 Å². The van der Waals surface area contributed by atoms with Crippen molar-refractivity contribution in [3.05, 3.63) is 64.1 Å². The minimum absolute atomic E-state index is 0.344. The van der Waals surface area contributed by atoms with Crippen LogP contribution < -0.4 is 10.6 Å². The predicted molar refractivity (Wildman–Crippen MR) is 93.2 cm³/mol. The maximum atomic E-state index is 12.2. The number of hydrogen-bond donors (Lipinski definition) is 2. The first-order valence-corrected chi connectivity index (χ1v) is 7.68. The molecule has 24 heavy (non-hydrogen) atoms. The number of anilines is 3. The number of rotatable bonds is 4. The van der Waals surface area contributed by atoms with Crippen molar-refractivity contribution in [3.63, 3.8) is 0 Å². The number of nitrogens with zero attached hydrogens (tertiary/aromatic N) is 2. The van der Waals surface area contributed by atoms with Gasteiger partial charge in [0.25, 0.3) is 5.91 Å². The number of halogens is 2. The van der Waals surface area contributed by atoms with E-state index in [1.807, 2.05) is 0 Å². The van der Waals surface area contributed by atoms with Gasteiger partial charge in [0.15, 0.2) is 5.82 Å². The maximum absolute atomic E-state index is 12.2. The molecule has 0 atom stereocenters. The van der Waals surface area contributed by atoms with Crippen LogP contribution in [-0.4, -0.2) is 16.0 Å². The average Bonchev–Trinajstić information content (AvgIpc) is 2.95. The number of carbonyl (C=O) groups is 1. The second-order valence-corrected chi connectivity index (χ2v) is 5.83. The van der Waals surface area contributed by atoms with E-state index < -0.39 is 0 Å². The van der Waals surface area contributed by atoms with E-state index in [9.17, 15) is 4.79 Å². The van der Waals surface area contributed by atoms with E-state index in [2.05, 4.69) is 20.8 Å². The highest BCUT2D eigenvalue weighted by Crippen LogP contribution is 2.28. The fraction of sp³-hybridized carbons (Fsp3) is 0.0625. The van der Waals surface area contributed by atoms with E-state index in [-0.39, 0.29) is 5.91 Å². The molecule has 0 fully saturated rings. The molecule has 1 aromatic carbocycles. The Hall–Kier alpha value is -2.57. The standard InChI is InChI=1S/C16H12Cl2N4O2/c1-9-4-15(22-24-9)21-16(23)10-5-12(8-19-7-10)20-14-3-2-11(17)6-13(14)18/h2-8,20H,1H3,(H,21,22,23). The molecule has 0 radical (unpaired) electrons. The molecule has 3 aromatic rings. The van der Waals surface area contributed by atoms with Crippen LogP contribution in [0.3, 0.4) is 0 Å². The van der Waals surface area contributed by atoms with E-state index >= 15 is 0 Å². The summed E-state index contributed by atoms with van der Waals surface area (Å²) < 4.78 is 4.91. The SMILES string of the molecule is Cc1cc(NC(=O)c2cncc(Nc3ccc(Cl)cc3Cl)c2)no1. The zero-order chi connectivity index (χ0) is 17.1. The van der Waals surface area contributed by atoms with Gasteiger partial charge in [0, 0.05) is 17.3 Å². The van der Waals surface area contributed by atoms with Crippen molar-refractivity contribution in [2.75, 3.05) is 10.6 Å².